The van der Waals surface area contributed by atoms with E-state index in [1.54, 1.807) is 11.3 Å². The number of benzene rings is 1. The molecule has 0 radical (unpaired) electrons. The first kappa shape index (κ1) is 14.2. The molecule has 3 rings (SSSR count). The normalized spacial score (nSPS) is 22.2. The van der Waals surface area contributed by atoms with E-state index in [1.807, 2.05) is 30.6 Å². The highest BCUT2D eigenvalue weighted by Gasteiger charge is 2.36. The lowest BCUT2D eigenvalue weighted by atomic mass is 9.89. The fourth-order valence-corrected chi connectivity index (χ4v) is 2.94. The Morgan fingerprint density at radius 2 is 2.37 bits per heavy atom. The lowest BCUT2D eigenvalue weighted by Gasteiger charge is -2.21. The van der Waals surface area contributed by atoms with Crippen molar-refractivity contribution in [2.45, 2.75) is 13.3 Å². The van der Waals surface area contributed by atoms with Gasteiger partial charge in [0.05, 0.1) is 21.1 Å². The van der Waals surface area contributed by atoms with E-state index in [0.29, 0.717) is 0 Å². The van der Waals surface area contributed by atoms with Crippen LogP contribution in [0.4, 0.5) is 5.69 Å². The van der Waals surface area contributed by atoms with Crippen LogP contribution < -0.4 is 10.6 Å². The van der Waals surface area contributed by atoms with Gasteiger partial charge in [-0.05, 0) is 38.1 Å². The molecular formula is C13H16ClN3OS. The zero-order chi connectivity index (χ0) is 12.6. The number of nitrogens with one attached hydrogen (secondary N) is 2. The molecule has 1 aromatic carbocycles. The second-order valence-electron chi connectivity index (χ2n) is 4.98. The minimum Gasteiger partial charge on any atom is -0.326 e. The number of rotatable bonds is 2. The van der Waals surface area contributed by atoms with Gasteiger partial charge >= 0.3 is 0 Å². The number of hydrogen-bond acceptors (Lipinski definition) is 4. The Balaban J connectivity index is 0.00000133. The molecule has 6 heteroatoms. The summed E-state index contributed by atoms with van der Waals surface area (Å²) >= 11 is 1.59. The van der Waals surface area contributed by atoms with Gasteiger partial charge in [-0.1, -0.05) is 0 Å². The van der Waals surface area contributed by atoms with Gasteiger partial charge in [-0.2, -0.15) is 0 Å². The van der Waals surface area contributed by atoms with Crippen LogP contribution >= 0.6 is 23.7 Å². The van der Waals surface area contributed by atoms with Crippen LogP contribution in [-0.2, 0) is 4.79 Å². The second kappa shape index (κ2) is 5.45. The van der Waals surface area contributed by atoms with Crippen molar-refractivity contribution in [2.75, 3.05) is 18.4 Å². The van der Waals surface area contributed by atoms with Crippen molar-refractivity contribution in [3.8, 4) is 0 Å². The van der Waals surface area contributed by atoms with Gasteiger partial charge < -0.3 is 10.6 Å². The molecule has 2 heterocycles. The third kappa shape index (κ3) is 2.73. The van der Waals surface area contributed by atoms with Gasteiger partial charge in [0.15, 0.2) is 0 Å². The molecule has 2 aromatic rings. The smallest absolute Gasteiger partial charge is 0.231 e. The van der Waals surface area contributed by atoms with E-state index in [0.717, 1.165) is 35.4 Å². The molecule has 1 saturated heterocycles. The second-order valence-corrected chi connectivity index (χ2v) is 5.86. The topological polar surface area (TPSA) is 54.0 Å². The molecule has 1 aliphatic heterocycles. The summed E-state index contributed by atoms with van der Waals surface area (Å²) < 4.78 is 1.10. The first-order chi connectivity index (χ1) is 8.67. The summed E-state index contributed by atoms with van der Waals surface area (Å²) in [5.41, 5.74) is 3.36. The molecule has 1 aromatic heterocycles. The van der Waals surface area contributed by atoms with Crippen molar-refractivity contribution in [2.24, 2.45) is 5.41 Å². The Morgan fingerprint density at radius 3 is 3.11 bits per heavy atom. The number of halogens is 1. The van der Waals surface area contributed by atoms with Gasteiger partial charge in [0.2, 0.25) is 5.91 Å². The highest BCUT2D eigenvalue weighted by atomic mass is 35.5. The number of nitrogens with zero attached hydrogens (tertiary/aromatic N) is 1. The van der Waals surface area contributed by atoms with Crippen molar-refractivity contribution in [3.63, 3.8) is 0 Å². The maximum atomic E-state index is 12.2. The fraction of sp³-hybridized carbons (Fsp3) is 0.385. The molecule has 0 saturated carbocycles. The van der Waals surface area contributed by atoms with Gasteiger partial charge in [-0.3, -0.25) is 4.79 Å². The Bertz CT molecular complexity index is 592. The molecule has 4 nitrogen and oxygen atoms in total. The third-order valence-electron chi connectivity index (χ3n) is 3.51. The largest absolute Gasteiger partial charge is 0.326 e. The first-order valence-electron chi connectivity index (χ1n) is 6.03. The predicted octanol–water partition coefficient (Wildman–Crippen LogP) is 2.66. The highest BCUT2D eigenvalue weighted by Crippen LogP contribution is 2.28. The Labute approximate surface area is 122 Å². The number of anilines is 1. The summed E-state index contributed by atoms with van der Waals surface area (Å²) in [6.45, 7) is 3.67. The molecule has 19 heavy (non-hydrogen) atoms. The average Bonchev–Trinajstić information content (AvgIpc) is 2.98. The van der Waals surface area contributed by atoms with Crippen LogP contribution in [-0.4, -0.2) is 24.0 Å². The molecule has 0 spiro atoms. The number of fused-ring (bicyclic) bond motifs is 1. The number of carbonyl (C=O) groups excluding carboxylic acids is 1. The van der Waals surface area contributed by atoms with Crippen LogP contribution in [0.5, 0.6) is 0 Å². The molecule has 0 aliphatic carbocycles. The molecule has 102 valence electrons. The van der Waals surface area contributed by atoms with Crippen molar-refractivity contribution in [3.05, 3.63) is 23.7 Å². The van der Waals surface area contributed by atoms with Crippen molar-refractivity contribution < 1.29 is 4.79 Å². The molecule has 0 bridgehead atoms. The highest BCUT2D eigenvalue weighted by molar-refractivity contribution is 7.16. The van der Waals surface area contributed by atoms with Crippen molar-refractivity contribution in [1.82, 2.24) is 10.3 Å². The van der Waals surface area contributed by atoms with Gasteiger partial charge in [-0.25, -0.2) is 4.98 Å². The molecule has 1 amide bonds. The zero-order valence-corrected chi connectivity index (χ0v) is 12.2. The Morgan fingerprint density at radius 1 is 1.53 bits per heavy atom. The third-order valence-corrected chi connectivity index (χ3v) is 4.30. The zero-order valence-electron chi connectivity index (χ0n) is 10.6. The minimum atomic E-state index is -0.289. The Hall–Kier alpha value is -1.17. The van der Waals surface area contributed by atoms with Gasteiger partial charge in [-0.15, -0.1) is 23.7 Å². The summed E-state index contributed by atoms with van der Waals surface area (Å²) in [6.07, 6.45) is 0.891. The molecule has 2 N–H and O–H groups in total. The summed E-state index contributed by atoms with van der Waals surface area (Å²) in [5, 5.41) is 6.24. The van der Waals surface area contributed by atoms with E-state index < -0.39 is 0 Å². The maximum absolute atomic E-state index is 12.2. The van der Waals surface area contributed by atoms with Gasteiger partial charge in [0.25, 0.3) is 0 Å². The van der Waals surface area contributed by atoms with Crippen molar-refractivity contribution in [1.29, 1.82) is 0 Å². The van der Waals surface area contributed by atoms with Crippen LogP contribution in [0.15, 0.2) is 23.7 Å². The molecule has 1 unspecified atom stereocenters. The van der Waals surface area contributed by atoms with E-state index in [1.165, 1.54) is 0 Å². The summed E-state index contributed by atoms with van der Waals surface area (Å²) in [7, 11) is 0. The standard InChI is InChI=1S/C13H15N3OS.ClH/c1-13(4-5-14-7-13)12(17)16-9-2-3-10-11(6-9)18-8-15-10;/h2-3,6,8,14H,4-5,7H2,1H3,(H,16,17);1H. The number of carbonyl (C=O) groups is 1. The number of hydrogen-bond donors (Lipinski definition) is 2. The van der Waals surface area contributed by atoms with Gasteiger partial charge in [0, 0.05) is 12.2 Å². The summed E-state index contributed by atoms with van der Waals surface area (Å²) in [4.78, 5) is 16.5. The summed E-state index contributed by atoms with van der Waals surface area (Å²) in [5.74, 6) is 0.0939. The minimum absolute atomic E-state index is 0. The number of amides is 1. The SMILES string of the molecule is CC1(C(=O)Nc2ccc3ncsc3c2)CCNC1.Cl. The van der Waals surface area contributed by atoms with E-state index in [4.69, 9.17) is 0 Å². The van der Waals surface area contributed by atoms with Gasteiger partial charge in [0.1, 0.15) is 0 Å². The number of thiazole rings is 1. The van der Waals surface area contributed by atoms with E-state index in [9.17, 15) is 4.79 Å². The average molecular weight is 298 g/mol. The van der Waals surface area contributed by atoms with Crippen LogP contribution in [0.1, 0.15) is 13.3 Å². The lowest BCUT2D eigenvalue weighted by Crippen LogP contribution is -2.35. The van der Waals surface area contributed by atoms with E-state index >= 15 is 0 Å². The molecular weight excluding hydrogens is 282 g/mol. The monoisotopic (exact) mass is 297 g/mol. The van der Waals surface area contributed by atoms with Crippen LogP contribution in [0, 0.1) is 5.41 Å². The lowest BCUT2D eigenvalue weighted by molar-refractivity contribution is -0.123. The van der Waals surface area contributed by atoms with E-state index in [2.05, 4.69) is 15.6 Å². The molecule has 1 aliphatic rings. The van der Waals surface area contributed by atoms with Crippen LogP contribution in [0.3, 0.4) is 0 Å². The van der Waals surface area contributed by atoms with Crippen LogP contribution in [0.25, 0.3) is 10.2 Å². The molecule has 1 atom stereocenters. The Kier molecular flexibility index (Phi) is 4.08. The number of aromatic nitrogens is 1. The predicted molar refractivity (Wildman–Crippen MR) is 81.1 cm³/mol. The van der Waals surface area contributed by atoms with Crippen molar-refractivity contribution >= 4 is 45.6 Å². The molecule has 1 fully saturated rings. The van der Waals surface area contributed by atoms with E-state index in [-0.39, 0.29) is 23.7 Å². The quantitative estimate of drug-likeness (QED) is 0.896. The maximum Gasteiger partial charge on any atom is 0.231 e. The van der Waals surface area contributed by atoms with Crippen LogP contribution in [0.2, 0.25) is 0 Å². The first-order valence-corrected chi connectivity index (χ1v) is 6.91. The fourth-order valence-electron chi connectivity index (χ4n) is 2.23. The summed E-state index contributed by atoms with van der Waals surface area (Å²) in [6, 6.07) is 5.83.